The van der Waals surface area contributed by atoms with Crippen LogP contribution >= 0.6 is 0 Å². The topological polar surface area (TPSA) is 146 Å². The fourth-order valence-electron chi connectivity index (χ4n) is 3.03. The first-order valence-corrected chi connectivity index (χ1v) is 10.9. The zero-order valence-electron chi connectivity index (χ0n) is 20.2. The molecular formula is C24H29N3O8. The Morgan fingerprint density at radius 3 is 2.26 bits per heavy atom. The predicted octanol–water partition coefficient (Wildman–Crippen LogP) is 3.33. The number of nitrogens with one attached hydrogen (secondary N) is 2. The molecule has 2 aromatic rings. The number of benzene rings is 2. The molecule has 0 aliphatic heterocycles. The lowest BCUT2D eigenvalue weighted by molar-refractivity contribution is -0.384. The number of non-ortho nitro benzene ring substituents is 1. The SMILES string of the molecule is CCOc1ccc(C(=O)N[C@H](C(=O)OC(C)C(=O)Nc2cc([N+](=O)[O-])ccc2OC)C(C)C)cc1. The molecule has 1 unspecified atom stereocenters. The van der Waals surface area contributed by atoms with Gasteiger partial charge in [0.2, 0.25) is 0 Å². The molecule has 35 heavy (non-hydrogen) atoms. The Hall–Kier alpha value is -4.15. The van der Waals surface area contributed by atoms with Crippen molar-refractivity contribution >= 4 is 29.2 Å². The van der Waals surface area contributed by atoms with Gasteiger partial charge in [0.25, 0.3) is 17.5 Å². The summed E-state index contributed by atoms with van der Waals surface area (Å²) in [4.78, 5) is 48.4. The zero-order chi connectivity index (χ0) is 26.1. The molecule has 0 aliphatic carbocycles. The molecule has 0 fully saturated rings. The van der Waals surface area contributed by atoms with E-state index in [0.29, 0.717) is 17.9 Å². The second kappa shape index (κ2) is 12.4. The van der Waals surface area contributed by atoms with Gasteiger partial charge in [0.1, 0.15) is 17.5 Å². The highest BCUT2D eigenvalue weighted by molar-refractivity contribution is 5.99. The van der Waals surface area contributed by atoms with E-state index in [9.17, 15) is 24.5 Å². The van der Waals surface area contributed by atoms with Gasteiger partial charge in [-0.15, -0.1) is 0 Å². The minimum absolute atomic E-state index is 0.0545. The third kappa shape index (κ3) is 7.42. The third-order valence-corrected chi connectivity index (χ3v) is 4.95. The summed E-state index contributed by atoms with van der Waals surface area (Å²) in [5.41, 5.74) is 0.136. The van der Waals surface area contributed by atoms with Crippen LogP contribution in [0.5, 0.6) is 11.5 Å². The van der Waals surface area contributed by atoms with E-state index in [-0.39, 0.29) is 23.0 Å². The van der Waals surface area contributed by atoms with Gasteiger partial charge < -0.3 is 24.8 Å². The van der Waals surface area contributed by atoms with Crippen molar-refractivity contribution in [2.75, 3.05) is 19.0 Å². The number of carbonyl (C=O) groups is 3. The molecule has 188 valence electrons. The standard InChI is InChI=1S/C24H29N3O8/c1-6-34-18-10-7-16(8-11-18)23(29)26-21(14(2)3)24(30)35-15(4)22(28)25-19-13-17(27(31)32)9-12-20(19)33-5/h7-15,21H,6H2,1-5H3,(H,25,28)(H,26,29)/t15?,21-/m0/s1. The smallest absolute Gasteiger partial charge is 0.329 e. The number of hydrogen-bond acceptors (Lipinski definition) is 8. The van der Waals surface area contributed by atoms with E-state index in [1.165, 1.54) is 26.2 Å². The van der Waals surface area contributed by atoms with Gasteiger partial charge in [0, 0.05) is 17.7 Å². The second-order valence-electron chi connectivity index (χ2n) is 7.86. The summed E-state index contributed by atoms with van der Waals surface area (Å²) in [6.07, 6.45) is -1.25. The van der Waals surface area contributed by atoms with Gasteiger partial charge in [0.05, 0.1) is 24.3 Å². The van der Waals surface area contributed by atoms with Crippen LogP contribution in [0.3, 0.4) is 0 Å². The van der Waals surface area contributed by atoms with Gasteiger partial charge in [-0.2, -0.15) is 0 Å². The summed E-state index contributed by atoms with van der Waals surface area (Å²) < 4.78 is 15.8. The third-order valence-electron chi connectivity index (χ3n) is 4.95. The maximum atomic E-state index is 12.8. The number of nitro benzene ring substituents is 1. The molecule has 2 N–H and O–H groups in total. The summed E-state index contributed by atoms with van der Waals surface area (Å²) in [7, 11) is 1.35. The molecule has 0 spiro atoms. The molecule has 11 heteroatoms. The fourth-order valence-corrected chi connectivity index (χ4v) is 3.03. The van der Waals surface area contributed by atoms with Gasteiger partial charge in [-0.05, 0) is 50.1 Å². The zero-order valence-corrected chi connectivity index (χ0v) is 20.2. The highest BCUT2D eigenvalue weighted by atomic mass is 16.6. The van der Waals surface area contributed by atoms with Gasteiger partial charge in [0.15, 0.2) is 6.10 Å². The van der Waals surface area contributed by atoms with Gasteiger partial charge >= 0.3 is 5.97 Å². The van der Waals surface area contributed by atoms with Crippen molar-refractivity contribution in [2.45, 2.75) is 39.8 Å². The van der Waals surface area contributed by atoms with Crippen LogP contribution < -0.4 is 20.1 Å². The van der Waals surface area contributed by atoms with Gasteiger partial charge in [-0.3, -0.25) is 19.7 Å². The summed E-state index contributed by atoms with van der Waals surface area (Å²) in [5, 5.41) is 16.1. The van der Waals surface area contributed by atoms with E-state index < -0.39 is 34.9 Å². The Labute approximate surface area is 202 Å². The molecule has 2 atom stereocenters. The van der Waals surface area contributed by atoms with Crippen molar-refractivity contribution < 1.29 is 33.5 Å². The van der Waals surface area contributed by atoms with E-state index in [4.69, 9.17) is 14.2 Å². The van der Waals surface area contributed by atoms with Crippen LogP contribution in [0, 0.1) is 16.0 Å². The Balaban J connectivity index is 2.06. The van der Waals surface area contributed by atoms with Crippen LogP contribution in [0.1, 0.15) is 38.1 Å². The van der Waals surface area contributed by atoms with Crippen LogP contribution in [0.15, 0.2) is 42.5 Å². The molecule has 0 radical (unpaired) electrons. The van der Waals surface area contributed by atoms with E-state index >= 15 is 0 Å². The maximum absolute atomic E-state index is 12.8. The summed E-state index contributed by atoms with van der Waals surface area (Å²) in [6, 6.07) is 9.15. The molecule has 0 heterocycles. The van der Waals surface area contributed by atoms with Crippen molar-refractivity contribution in [2.24, 2.45) is 5.92 Å². The fraction of sp³-hybridized carbons (Fsp3) is 0.375. The van der Waals surface area contributed by atoms with Crippen molar-refractivity contribution in [1.82, 2.24) is 5.32 Å². The number of anilines is 1. The van der Waals surface area contributed by atoms with E-state index in [0.717, 1.165) is 6.07 Å². The van der Waals surface area contributed by atoms with Crippen LogP contribution in [0.25, 0.3) is 0 Å². The Kier molecular flexibility index (Phi) is 9.56. The van der Waals surface area contributed by atoms with Crippen molar-refractivity contribution in [3.8, 4) is 11.5 Å². The minimum atomic E-state index is -1.25. The summed E-state index contributed by atoms with van der Waals surface area (Å²) >= 11 is 0. The Bertz CT molecular complexity index is 1070. The van der Waals surface area contributed by atoms with Crippen LogP contribution in [-0.4, -0.2) is 48.6 Å². The first-order valence-electron chi connectivity index (χ1n) is 10.9. The molecule has 0 aromatic heterocycles. The normalized spacial score (nSPS) is 12.3. The number of rotatable bonds is 11. The maximum Gasteiger partial charge on any atom is 0.329 e. The van der Waals surface area contributed by atoms with Crippen molar-refractivity contribution in [3.05, 3.63) is 58.1 Å². The summed E-state index contributed by atoms with van der Waals surface area (Å²) in [5.74, 6) is -1.52. The van der Waals surface area contributed by atoms with Crippen LogP contribution in [0.2, 0.25) is 0 Å². The number of nitro groups is 1. The Morgan fingerprint density at radius 1 is 1.06 bits per heavy atom. The highest BCUT2D eigenvalue weighted by Crippen LogP contribution is 2.29. The molecule has 2 amide bonds. The van der Waals surface area contributed by atoms with Crippen molar-refractivity contribution in [1.29, 1.82) is 0 Å². The number of carbonyl (C=O) groups excluding carboxylic acids is 3. The lowest BCUT2D eigenvalue weighted by atomic mass is 10.0. The van der Waals surface area contributed by atoms with E-state index in [1.807, 2.05) is 6.92 Å². The predicted molar refractivity (Wildman–Crippen MR) is 128 cm³/mol. The molecule has 0 saturated carbocycles. The van der Waals surface area contributed by atoms with E-state index in [2.05, 4.69) is 10.6 Å². The van der Waals surface area contributed by atoms with Crippen LogP contribution in [-0.2, 0) is 14.3 Å². The monoisotopic (exact) mass is 487 g/mol. The molecule has 11 nitrogen and oxygen atoms in total. The molecule has 0 saturated heterocycles. The molecule has 0 aliphatic rings. The molecule has 2 aromatic carbocycles. The molecule has 0 bridgehead atoms. The van der Waals surface area contributed by atoms with Gasteiger partial charge in [-0.1, -0.05) is 13.8 Å². The lowest BCUT2D eigenvalue weighted by Gasteiger charge is -2.23. The number of esters is 1. The first-order chi connectivity index (χ1) is 16.6. The number of hydrogen-bond donors (Lipinski definition) is 2. The first kappa shape index (κ1) is 27.1. The Morgan fingerprint density at radius 2 is 1.71 bits per heavy atom. The van der Waals surface area contributed by atoms with E-state index in [1.54, 1.807) is 38.1 Å². The lowest BCUT2D eigenvalue weighted by Crippen LogP contribution is -2.47. The number of ether oxygens (including phenoxy) is 3. The number of nitrogens with zero attached hydrogens (tertiary/aromatic N) is 1. The minimum Gasteiger partial charge on any atom is -0.495 e. The summed E-state index contributed by atoms with van der Waals surface area (Å²) in [6.45, 7) is 7.14. The highest BCUT2D eigenvalue weighted by Gasteiger charge is 2.29. The second-order valence-corrected chi connectivity index (χ2v) is 7.86. The van der Waals surface area contributed by atoms with Crippen LogP contribution in [0.4, 0.5) is 11.4 Å². The number of amides is 2. The van der Waals surface area contributed by atoms with Crippen molar-refractivity contribution in [3.63, 3.8) is 0 Å². The largest absolute Gasteiger partial charge is 0.495 e. The molecular weight excluding hydrogens is 458 g/mol. The number of methoxy groups -OCH3 is 1. The van der Waals surface area contributed by atoms with Gasteiger partial charge in [-0.25, -0.2) is 4.79 Å². The average Bonchev–Trinajstić information content (AvgIpc) is 2.82. The average molecular weight is 488 g/mol. The quantitative estimate of drug-likeness (QED) is 0.279. The molecule has 2 rings (SSSR count).